The third-order valence-electron chi connectivity index (χ3n) is 7.02. The minimum Gasteiger partial charge on any atom is -0.480 e. The Labute approximate surface area is 248 Å². The van der Waals surface area contributed by atoms with Crippen molar-refractivity contribution in [3.05, 3.63) is 29.3 Å². The van der Waals surface area contributed by atoms with Gasteiger partial charge in [-0.05, 0) is 29.7 Å². The Morgan fingerprint density at radius 2 is 1.05 bits per heavy atom. The number of carboxylic acid groups (broad SMARTS) is 4. The van der Waals surface area contributed by atoms with E-state index in [1.807, 2.05) is 0 Å². The lowest BCUT2D eigenvalue weighted by Crippen LogP contribution is -2.52. The van der Waals surface area contributed by atoms with Crippen LogP contribution in [-0.2, 0) is 37.2 Å². The minimum atomic E-state index is -1.20. The number of hydrogen-bond donors (Lipinski definition) is 7. The zero-order valence-electron chi connectivity index (χ0n) is 23.9. The molecule has 1 aromatic rings. The molecule has 240 valence electrons. The van der Waals surface area contributed by atoms with E-state index < -0.39 is 35.8 Å². The van der Waals surface area contributed by atoms with Crippen LogP contribution in [0.5, 0.6) is 0 Å². The number of aliphatic hydroxyl groups is 2. The molecule has 0 saturated carbocycles. The lowest BCUT2D eigenvalue weighted by Gasteiger charge is -2.35. The van der Waals surface area contributed by atoms with Gasteiger partial charge in [-0.25, -0.2) is 0 Å². The molecule has 43 heavy (non-hydrogen) atoms. The second-order valence-electron chi connectivity index (χ2n) is 10.3. The van der Waals surface area contributed by atoms with E-state index in [0.717, 1.165) is 0 Å². The van der Waals surface area contributed by atoms with Gasteiger partial charge in [-0.3, -0.25) is 43.6 Å². The molecule has 1 aliphatic heterocycles. The molecule has 2 rings (SSSR count). The van der Waals surface area contributed by atoms with E-state index in [1.165, 1.54) is 12.1 Å². The molecule has 1 heterocycles. The van der Waals surface area contributed by atoms with Crippen LogP contribution in [-0.4, -0.2) is 158 Å². The summed E-state index contributed by atoms with van der Waals surface area (Å²) in [7, 11) is 0. The zero-order chi connectivity index (χ0) is 31.9. The number of carboxylic acids is 4. The van der Waals surface area contributed by atoms with Crippen LogP contribution >= 0.6 is 0 Å². The number of carbonyl (C=O) groups is 5. The summed E-state index contributed by atoms with van der Waals surface area (Å²) in [4.78, 5) is 65.8. The fourth-order valence-corrected chi connectivity index (χ4v) is 4.88. The molecule has 0 radical (unpaired) electrons. The number of rotatable bonds is 14. The van der Waals surface area contributed by atoms with E-state index in [0.29, 0.717) is 16.8 Å². The van der Waals surface area contributed by atoms with Crippen LogP contribution in [0, 0.1) is 0 Å². The number of amides is 1. The van der Waals surface area contributed by atoms with Crippen molar-refractivity contribution in [1.29, 1.82) is 0 Å². The third kappa shape index (κ3) is 13.5. The standard InChI is InChI=1S/C27H41N5O11/c33-17-19-11-20(18-34)13-21(12-19)28-23(35)2-1-22(27(42)43)32-9-7-30(15-25(38)39)5-3-29(14-24(36)37)4-6-31(8-10-32)16-26(40)41/h11-13,22,33-34H,1-10,14-18H2,(H,28,35)(H,36,37)(H,38,39)(H,40,41)(H,42,43). The molecule has 1 aliphatic rings. The first kappa shape index (κ1) is 35.5. The molecule has 0 spiro atoms. The Balaban J connectivity index is 2.21. The number of benzene rings is 1. The van der Waals surface area contributed by atoms with Gasteiger partial charge in [0, 0.05) is 64.5 Å². The summed E-state index contributed by atoms with van der Waals surface area (Å²) in [6.45, 7) is -0.325. The summed E-state index contributed by atoms with van der Waals surface area (Å²) in [5.74, 6) is -4.96. The highest BCUT2D eigenvalue weighted by atomic mass is 16.4. The molecule has 1 atom stereocenters. The first-order valence-corrected chi connectivity index (χ1v) is 13.8. The molecule has 1 aromatic carbocycles. The summed E-state index contributed by atoms with van der Waals surface area (Å²) in [6.07, 6.45) is -0.287. The SMILES string of the molecule is O=C(O)CN1CCN(CC(=O)O)CCN(C(CCC(=O)Nc2cc(CO)cc(CO)c2)C(=O)O)CCN(CC(=O)O)CC1. The van der Waals surface area contributed by atoms with Crippen molar-refractivity contribution in [3.63, 3.8) is 0 Å². The predicted octanol–water partition coefficient (Wildman–Crippen LogP) is -1.68. The average Bonchev–Trinajstić information content (AvgIpc) is 2.92. The van der Waals surface area contributed by atoms with E-state index in [4.69, 9.17) is 0 Å². The lowest BCUT2D eigenvalue weighted by atomic mass is 10.1. The highest BCUT2D eigenvalue weighted by Crippen LogP contribution is 2.17. The van der Waals surface area contributed by atoms with E-state index in [9.17, 15) is 54.6 Å². The second kappa shape index (κ2) is 18.1. The van der Waals surface area contributed by atoms with Gasteiger partial charge in [0.2, 0.25) is 5.91 Å². The largest absolute Gasteiger partial charge is 0.480 e. The number of anilines is 1. The molecule has 1 fully saturated rings. The summed E-state index contributed by atoms with van der Waals surface area (Å²) in [6, 6.07) is 3.51. The van der Waals surface area contributed by atoms with Crippen molar-refractivity contribution in [1.82, 2.24) is 19.6 Å². The molecule has 7 N–H and O–H groups in total. The van der Waals surface area contributed by atoms with Gasteiger partial charge in [-0.2, -0.15) is 0 Å². The Kier molecular flexibility index (Phi) is 15.0. The fraction of sp³-hybridized carbons (Fsp3) is 0.593. The van der Waals surface area contributed by atoms with Crippen LogP contribution in [0.4, 0.5) is 5.69 Å². The number of nitrogens with zero attached hydrogens (tertiary/aromatic N) is 4. The Bertz CT molecular complexity index is 1060. The maximum Gasteiger partial charge on any atom is 0.320 e. The number of aliphatic hydroxyl groups excluding tert-OH is 2. The molecule has 0 aromatic heterocycles. The molecule has 1 unspecified atom stereocenters. The number of carbonyl (C=O) groups excluding carboxylic acids is 1. The maximum absolute atomic E-state index is 12.7. The summed E-state index contributed by atoms with van der Waals surface area (Å²) in [5.41, 5.74) is 1.30. The molecular formula is C27H41N5O11. The van der Waals surface area contributed by atoms with Gasteiger partial charge in [0.25, 0.3) is 0 Å². The maximum atomic E-state index is 12.7. The van der Waals surface area contributed by atoms with E-state index in [1.54, 1.807) is 25.7 Å². The molecule has 1 saturated heterocycles. The molecule has 0 bridgehead atoms. The van der Waals surface area contributed by atoms with Gasteiger partial charge in [0.15, 0.2) is 0 Å². The smallest absolute Gasteiger partial charge is 0.320 e. The highest BCUT2D eigenvalue weighted by molar-refractivity contribution is 5.91. The second-order valence-corrected chi connectivity index (χ2v) is 10.3. The van der Waals surface area contributed by atoms with Crippen molar-refractivity contribution in [2.24, 2.45) is 0 Å². The molecular weight excluding hydrogens is 570 g/mol. The molecule has 16 heteroatoms. The quantitative estimate of drug-likeness (QED) is 0.124. The third-order valence-corrected chi connectivity index (χ3v) is 7.02. The van der Waals surface area contributed by atoms with Gasteiger partial charge >= 0.3 is 23.9 Å². The number of nitrogens with one attached hydrogen (secondary N) is 1. The minimum absolute atomic E-state index is 0.0992. The predicted molar refractivity (Wildman–Crippen MR) is 151 cm³/mol. The topological polar surface area (TPSA) is 232 Å². The van der Waals surface area contributed by atoms with Gasteiger partial charge in [-0.1, -0.05) is 6.07 Å². The Morgan fingerprint density at radius 3 is 1.40 bits per heavy atom. The van der Waals surface area contributed by atoms with Crippen molar-refractivity contribution in [2.45, 2.75) is 32.1 Å². The fourth-order valence-electron chi connectivity index (χ4n) is 4.88. The van der Waals surface area contributed by atoms with Crippen LogP contribution in [0.2, 0.25) is 0 Å². The van der Waals surface area contributed by atoms with Crippen molar-refractivity contribution < 1.29 is 54.6 Å². The van der Waals surface area contributed by atoms with Crippen LogP contribution in [0.3, 0.4) is 0 Å². The van der Waals surface area contributed by atoms with Gasteiger partial charge in [0.05, 0.1) is 32.8 Å². The first-order chi connectivity index (χ1) is 20.4. The monoisotopic (exact) mass is 611 g/mol. The molecule has 16 nitrogen and oxygen atoms in total. The Morgan fingerprint density at radius 1 is 0.651 bits per heavy atom. The van der Waals surface area contributed by atoms with Crippen LogP contribution in [0.1, 0.15) is 24.0 Å². The summed E-state index contributed by atoms with van der Waals surface area (Å²) in [5, 5.41) is 59.7. The molecule has 1 amide bonds. The number of hydrogen-bond acceptors (Lipinski definition) is 11. The lowest BCUT2D eigenvalue weighted by molar-refractivity contribution is -0.145. The number of aliphatic carboxylic acids is 4. The van der Waals surface area contributed by atoms with Crippen molar-refractivity contribution in [3.8, 4) is 0 Å². The summed E-state index contributed by atoms with van der Waals surface area (Å²) < 4.78 is 0. The van der Waals surface area contributed by atoms with Crippen molar-refractivity contribution in [2.75, 3.05) is 77.3 Å². The van der Waals surface area contributed by atoms with E-state index >= 15 is 0 Å². The first-order valence-electron chi connectivity index (χ1n) is 13.8. The van der Waals surface area contributed by atoms with Crippen LogP contribution < -0.4 is 5.32 Å². The van der Waals surface area contributed by atoms with Crippen LogP contribution in [0.25, 0.3) is 0 Å². The Hall–Kier alpha value is -3.67. The van der Waals surface area contributed by atoms with Gasteiger partial charge < -0.3 is 36.0 Å². The van der Waals surface area contributed by atoms with E-state index in [-0.39, 0.29) is 98.0 Å². The van der Waals surface area contributed by atoms with Gasteiger partial charge in [0.1, 0.15) is 6.04 Å². The summed E-state index contributed by atoms with van der Waals surface area (Å²) >= 11 is 0. The van der Waals surface area contributed by atoms with Crippen molar-refractivity contribution >= 4 is 35.5 Å². The van der Waals surface area contributed by atoms with Gasteiger partial charge in [-0.15, -0.1) is 0 Å². The highest BCUT2D eigenvalue weighted by Gasteiger charge is 2.28. The van der Waals surface area contributed by atoms with E-state index in [2.05, 4.69) is 5.32 Å². The average molecular weight is 612 g/mol. The van der Waals surface area contributed by atoms with Crippen LogP contribution in [0.15, 0.2) is 18.2 Å². The zero-order valence-corrected chi connectivity index (χ0v) is 23.9. The normalized spacial score (nSPS) is 17.3. The molecule has 0 aliphatic carbocycles.